The number of methoxy groups -OCH3 is 1. The molecule has 118 valence electrons. The average Bonchev–Trinajstić information content (AvgIpc) is 2.53. The molecular weight excluding hydrogens is 278 g/mol. The molecule has 0 atom stereocenters. The van der Waals surface area contributed by atoms with Crippen LogP contribution in [-0.2, 0) is 0 Å². The highest BCUT2D eigenvalue weighted by molar-refractivity contribution is 5.65. The summed E-state index contributed by atoms with van der Waals surface area (Å²) in [5.41, 5.74) is 2.01. The number of nitrogens with one attached hydrogen (secondary N) is 1. The maximum absolute atomic E-state index is 5.37. The number of rotatable bonds is 7. The molecule has 0 aliphatic rings. The summed E-state index contributed by atoms with van der Waals surface area (Å²) in [7, 11) is 3.63. The van der Waals surface area contributed by atoms with Gasteiger partial charge in [0.1, 0.15) is 5.75 Å². The second kappa shape index (κ2) is 7.59. The standard InChI is InChI=1S/C16H23N5O/c1-5-6-9-21(3)16-19-15(11-17-20-16)18-13-10-12(2)7-8-14(13)22-4/h7-8,10-11H,5-6,9H2,1-4H3,(H,18,19,20). The van der Waals surface area contributed by atoms with Gasteiger partial charge in [0.05, 0.1) is 19.0 Å². The molecule has 0 saturated carbocycles. The smallest absolute Gasteiger partial charge is 0.247 e. The Balaban J connectivity index is 2.18. The van der Waals surface area contributed by atoms with Gasteiger partial charge in [0.2, 0.25) is 5.95 Å². The van der Waals surface area contributed by atoms with Crippen molar-refractivity contribution < 1.29 is 4.74 Å². The van der Waals surface area contributed by atoms with Crippen molar-refractivity contribution in [2.75, 3.05) is 30.9 Å². The lowest BCUT2D eigenvalue weighted by Crippen LogP contribution is -2.21. The maximum Gasteiger partial charge on any atom is 0.247 e. The maximum atomic E-state index is 5.37. The third-order valence-corrected chi connectivity index (χ3v) is 3.35. The van der Waals surface area contributed by atoms with Gasteiger partial charge in [0, 0.05) is 13.6 Å². The Labute approximate surface area is 131 Å². The van der Waals surface area contributed by atoms with Gasteiger partial charge in [-0.2, -0.15) is 10.1 Å². The first kappa shape index (κ1) is 16.0. The van der Waals surface area contributed by atoms with Crippen molar-refractivity contribution in [2.24, 2.45) is 0 Å². The first-order chi connectivity index (χ1) is 10.6. The number of benzene rings is 1. The Hall–Kier alpha value is -2.37. The summed E-state index contributed by atoms with van der Waals surface area (Å²) >= 11 is 0. The molecule has 0 fully saturated rings. The summed E-state index contributed by atoms with van der Waals surface area (Å²) < 4.78 is 5.37. The largest absolute Gasteiger partial charge is 0.495 e. The predicted molar refractivity (Wildman–Crippen MR) is 89.0 cm³/mol. The molecule has 2 rings (SSSR count). The first-order valence-electron chi connectivity index (χ1n) is 7.46. The molecule has 1 aromatic carbocycles. The van der Waals surface area contributed by atoms with Gasteiger partial charge in [0.25, 0.3) is 0 Å². The minimum absolute atomic E-state index is 0.616. The van der Waals surface area contributed by atoms with Crippen molar-refractivity contribution in [3.8, 4) is 5.75 Å². The fourth-order valence-electron chi connectivity index (χ4n) is 2.07. The van der Waals surface area contributed by atoms with E-state index < -0.39 is 0 Å². The molecule has 0 bridgehead atoms. The molecule has 6 heteroatoms. The number of nitrogens with zero attached hydrogens (tertiary/aromatic N) is 4. The molecule has 0 saturated heterocycles. The third kappa shape index (κ3) is 4.07. The quantitative estimate of drug-likeness (QED) is 0.847. The molecule has 1 N–H and O–H groups in total. The van der Waals surface area contributed by atoms with Gasteiger partial charge in [-0.1, -0.05) is 19.4 Å². The molecular formula is C16H23N5O. The SMILES string of the molecule is CCCCN(C)c1nncc(Nc2cc(C)ccc2OC)n1. The third-order valence-electron chi connectivity index (χ3n) is 3.35. The van der Waals surface area contributed by atoms with Crippen LogP contribution in [0, 0.1) is 6.92 Å². The molecule has 1 aromatic heterocycles. The normalized spacial score (nSPS) is 10.4. The summed E-state index contributed by atoms with van der Waals surface area (Å²) in [6, 6.07) is 5.95. The van der Waals surface area contributed by atoms with Gasteiger partial charge in [-0.3, -0.25) is 0 Å². The minimum atomic E-state index is 0.616. The molecule has 22 heavy (non-hydrogen) atoms. The Morgan fingerprint density at radius 3 is 2.86 bits per heavy atom. The number of unbranched alkanes of at least 4 members (excludes halogenated alkanes) is 1. The van der Waals surface area contributed by atoms with E-state index in [0.717, 1.165) is 36.4 Å². The van der Waals surface area contributed by atoms with Crippen LogP contribution in [0.15, 0.2) is 24.4 Å². The lowest BCUT2D eigenvalue weighted by molar-refractivity contribution is 0.416. The van der Waals surface area contributed by atoms with Gasteiger partial charge >= 0.3 is 0 Å². The lowest BCUT2D eigenvalue weighted by atomic mass is 10.2. The van der Waals surface area contributed by atoms with Crippen LogP contribution in [0.2, 0.25) is 0 Å². The second-order valence-electron chi connectivity index (χ2n) is 5.25. The van der Waals surface area contributed by atoms with Gasteiger partial charge < -0.3 is 15.0 Å². The van der Waals surface area contributed by atoms with Gasteiger partial charge in [-0.05, 0) is 31.0 Å². The number of aromatic nitrogens is 3. The van der Waals surface area contributed by atoms with Crippen molar-refractivity contribution in [3.63, 3.8) is 0 Å². The topological polar surface area (TPSA) is 63.2 Å². The summed E-state index contributed by atoms with van der Waals surface area (Å²) in [4.78, 5) is 6.52. The number of aryl methyl sites for hydroxylation is 1. The highest BCUT2D eigenvalue weighted by Crippen LogP contribution is 2.27. The molecule has 0 aliphatic heterocycles. The minimum Gasteiger partial charge on any atom is -0.495 e. The summed E-state index contributed by atoms with van der Waals surface area (Å²) in [6.45, 7) is 5.11. The molecule has 6 nitrogen and oxygen atoms in total. The van der Waals surface area contributed by atoms with E-state index in [1.807, 2.05) is 37.1 Å². The van der Waals surface area contributed by atoms with E-state index in [1.54, 1.807) is 13.3 Å². The number of ether oxygens (including phenoxy) is 1. The van der Waals surface area contributed by atoms with Gasteiger partial charge in [0.15, 0.2) is 5.82 Å². The Bertz CT molecular complexity index is 617. The fourth-order valence-corrected chi connectivity index (χ4v) is 2.07. The van der Waals surface area contributed by atoms with E-state index in [4.69, 9.17) is 4.74 Å². The molecule has 2 aromatic rings. The number of anilines is 3. The van der Waals surface area contributed by atoms with E-state index in [0.29, 0.717) is 11.8 Å². The molecule has 0 unspecified atom stereocenters. The van der Waals surface area contributed by atoms with Crippen LogP contribution in [0.1, 0.15) is 25.3 Å². The van der Waals surface area contributed by atoms with Gasteiger partial charge in [-0.15, -0.1) is 5.10 Å². The van der Waals surface area contributed by atoms with Crippen molar-refractivity contribution >= 4 is 17.5 Å². The summed E-state index contributed by atoms with van der Waals surface area (Å²) in [5, 5.41) is 11.4. The van der Waals surface area contributed by atoms with E-state index in [9.17, 15) is 0 Å². The van der Waals surface area contributed by atoms with Crippen LogP contribution >= 0.6 is 0 Å². The van der Waals surface area contributed by atoms with Crippen molar-refractivity contribution in [1.29, 1.82) is 0 Å². The Morgan fingerprint density at radius 1 is 1.32 bits per heavy atom. The van der Waals surface area contributed by atoms with Gasteiger partial charge in [-0.25, -0.2) is 0 Å². The molecule has 1 heterocycles. The van der Waals surface area contributed by atoms with Crippen LogP contribution < -0.4 is 15.0 Å². The number of hydrogen-bond acceptors (Lipinski definition) is 6. The Morgan fingerprint density at radius 2 is 2.14 bits per heavy atom. The van der Waals surface area contributed by atoms with E-state index in [1.165, 1.54) is 0 Å². The highest BCUT2D eigenvalue weighted by atomic mass is 16.5. The lowest BCUT2D eigenvalue weighted by Gasteiger charge is -2.17. The van der Waals surface area contributed by atoms with Crippen molar-refractivity contribution in [1.82, 2.24) is 15.2 Å². The predicted octanol–water partition coefficient (Wildman–Crippen LogP) is 3.17. The molecule has 0 radical (unpaired) electrons. The van der Waals surface area contributed by atoms with Crippen LogP contribution in [0.5, 0.6) is 5.75 Å². The summed E-state index contributed by atoms with van der Waals surface area (Å²) in [5.74, 6) is 2.03. The first-order valence-corrected chi connectivity index (χ1v) is 7.46. The van der Waals surface area contributed by atoms with Crippen molar-refractivity contribution in [3.05, 3.63) is 30.0 Å². The Kier molecular flexibility index (Phi) is 5.52. The highest BCUT2D eigenvalue weighted by Gasteiger charge is 2.08. The molecule has 0 spiro atoms. The van der Waals surface area contributed by atoms with Crippen LogP contribution in [0.25, 0.3) is 0 Å². The second-order valence-corrected chi connectivity index (χ2v) is 5.25. The van der Waals surface area contributed by atoms with Crippen molar-refractivity contribution in [2.45, 2.75) is 26.7 Å². The zero-order valence-corrected chi connectivity index (χ0v) is 13.6. The number of hydrogen-bond donors (Lipinski definition) is 1. The zero-order chi connectivity index (χ0) is 15.9. The summed E-state index contributed by atoms with van der Waals surface area (Å²) in [6.07, 6.45) is 3.85. The fraction of sp³-hybridized carbons (Fsp3) is 0.438. The van der Waals surface area contributed by atoms with Crippen LogP contribution in [0.4, 0.5) is 17.5 Å². The van der Waals surface area contributed by atoms with E-state index in [2.05, 4.69) is 27.4 Å². The van der Waals surface area contributed by atoms with E-state index in [-0.39, 0.29) is 0 Å². The zero-order valence-electron chi connectivity index (χ0n) is 13.6. The van der Waals surface area contributed by atoms with Crippen LogP contribution in [0.3, 0.4) is 0 Å². The van der Waals surface area contributed by atoms with E-state index >= 15 is 0 Å². The molecule has 0 aliphatic carbocycles. The molecule has 0 amide bonds. The van der Waals surface area contributed by atoms with Crippen LogP contribution in [-0.4, -0.2) is 35.9 Å². The average molecular weight is 301 g/mol. The monoisotopic (exact) mass is 301 g/mol.